The summed E-state index contributed by atoms with van der Waals surface area (Å²) < 4.78 is 16.3. The molecular weight excluding hydrogens is 268 g/mol. The van der Waals surface area contributed by atoms with Crippen LogP contribution in [-0.2, 0) is 11.2 Å². The Morgan fingerprint density at radius 3 is 2.38 bits per heavy atom. The number of aliphatic hydroxyl groups excluding tert-OH is 1. The van der Waals surface area contributed by atoms with Gasteiger partial charge in [-0.1, -0.05) is 26.3 Å². The van der Waals surface area contributed by atoms with Crippen molar-refractivity contribution in [2.24, 2.45) is 0 Å². The minimum atomic E-state index is -0.370. The minimum Gasteiger partial charge on any atom is -0.493 e. The van der Waals surface area contributed by atoms with Gasteiger partial charge in [0, 0.05) is 0 Å². The van der Waals surface area contributed by atoms with E-state index in [1.54, 1.807) is 14.2 Å². The van der Waals surface area contributed by atoms with Crippen molar-refractivity contribution in [1.82, 2.24) is 0 Å². The average molecular weight is 296 g/mol. The highest BCUT2D eigenvalue weighted by Gasteiger charge is 2.16. The van der Waals surface area contributed by atoms with E-state index in [9.17, 15) is 5.11 Å². The number of methoxy groups -OCH3 is 2. The third-order valence-corrected chi connectivity index (χ3v) is 3.59. The quantitative estimate of drug-likeness (QED) is 0.720. The number of ether oxygens (including phenoxy) is 3. The molecule has 1 rings (SSSR count). The van der Waals surface area contributed by atoms with E-state index in [-0.39, 0.29) is 12.2 Å². The lowest BCUT2D eigenvalue weighted by Crippen LogP contribution is -2.29. The second-order valence-electron chi connectivity index (χ2n) is 5.11. The molecule has 2 atom stereocenters. The van der Waals surface area contributed by atoms with Crippen molar-refractivity contribution >= 4 is 0 Å². The molecule has 0 unspecified atom stereocenters. The summed E-state index contributed by atoms with van der Waals surface area (Å²) in [7, 11) is 3.26. The van der Waals surface area contributed by atoms with Crippen LogP contribution < -0.4 is 9.47 Å². The summed E-state index contributed by atoms with van der Waals surface area (Å²) in [6, 6.07) is 5.87. The first-order valence-corrected chi connectivity index (χ1v) is 7.66. The molecule has 1 aromatic rings. The van der Waals surface area contributed by atoms with Gasteiger partial charge < -0.3 is 19.3 Å². The summed E-state index contributed by atoms with van der Waals surface area (Å²) in [6.45, 7) is 4.70. The van der Waals surface area contributed by atoms with Gasteiger partial charge in [0.25, 0.3) is 0 Å². The first kappa shape index (κ1) is 17.8. The molecule has 0 aliphatic carbocycles. The first-order valence-electron chi connectivity index (χ1n) is 7.66. The molecule has 1 N–H and O–H groups in total. The molecule has 4 nitrogen and oxygen atoms in total. The Bertz CT molecular complexity index is 406. The van der Waals surface area contributed by atoms with Gasteiger partial charge in [-0.05, 0) is 37.0 Å². The van der Waals surface area contributed by atoms with Crippen LogP contribution >= 0.6 is 0 Å². The van der Waals surface area contributed by atoms with Crippen molar-refractivity contribution < 1.29 is 19.3 Å². The summed E-state index contributed by atoms with van der Waals surface area (Å²) in [5.41, 5.74) is 1.13. The SMILES string of the molecule is CCC[C@H](O)[C@@H](CC)OCCc1ccc(OC)c(OC)c1. The maximum absolute atomic E-state index is 10.00. The predicted octanol–water partition coefficient (Wildman–Crippen LogP) is 3.20. The molecule has 120 valence electrons. The molecule has 0 amide bonds. The molecule has 1 aromatic carbocycles. The van der Waals surface area contributed by atoms with Crippen molar-refractivity contribution in [1.29, 1.82) is 0 Å². The molecule has 0 radical (unpaired) electrons. The van der Waals surface area contributed by atoms with Crippen LogP contribution in [0, 0.1) is 0 Å². The van der Waals surface area contributed by atoms with Crippen LogP contribution in [0.5, 0.6) is 11.5 Å². The van der Waals surface area contributed by atoms with Gasteiger partial charge in [-0.3, -0.25) is 0 Å². The molecule has 0 aliphatic heterocycles. The second kappa shape index (κ2) is 9.64. The summed E-state index contributed by atoms with van der Waals surface area (Å²) in [4.78, 5) is 0. The Morgan fingerprint density at radius 2 is 1.81 bits per heavy atom. The monoisotopic (exact) mass is 296 g/mol. The van der Waals surface area contributed by atoms with Crippen molar-refractivity contribution in [2.75, 3.05) is 20.8 Å². The van der Waals surface area contributed by atoms with E-state index in [2.05, 4.69) is 6.92 Å². The topological polar surface area (TPSA) is 47.9 Å². The average Bonchev–Trinajstić information content (AvgIpc) is 2.51. The van der Waals surface area contributed by atoms with E-state index in [1.807, 2.05) is 25.1 Å². The van der Waals surface area contributed by atoms with Gasteiger partial charge in [0.2, 0.25) is 0 Å². The van der Waals surface area contributed by atoms with E-state index >= 15 is 0 Å². The standard InChI is InChI=1S/C17H28O4/c1-5-7-14(18)15(6-2)21-11-10-13-8-9-16(19-3)17(12-13)20-4/h8-9,12,14-15,18H,5-7,10-11H2,1-4H3/t14-,15+/m0/s1. The molecule has 4 heteroatoms. The van der Waals surface area contributed by atoms with E-state index < -0.39 is 0 Å². The maximum Gasteiger partial charge on any atom is 0.160 e. The van der Waals surface area contributed by atoms with E-state index in [1.165, 1.54) is 0 Å². The lowest BCUT2D eigenvalue weighted by Gasteiger charge is -2.21. The van der Waals surface area contributed by atoms with Crippen molar-refractivity contribution in [3.63, 3.8) is 0 Å². The maximum atomic E-state index is 10.00. The lowest BCUT2D eigenvalue weighted by atomic mass is 10.1. The van der Waals surface area contributed by atoms with Gasteiger partial charge in [0.05, 0.1) is 33.0 Å². The molecule has 0 aromatic heterocycles. The molecule has 0 fully saturated rings. The molecule has 0 saturated carbocycles. The van der Waals surface area contributed by atoms with Gasteiger partial charge >= 0.3 is 0 Å². The molecule has 21 heavy (non-hydrogen) atoms. The normalized spacial score (nSPS) is 13.8. The Kier molecular flexibility index (Phi) is 8.16. The fourth-order valence-corrected chi connectivity index (χ4v) is 2.35. The van der Waals surface area contributed by atoms with Crippen LogP contribution in [-0.4, -0.2) is 38.1 Å². The fourth-order valence-electron chi connectivity index (χ4n) is 2.35. The van der Waals surface area contributed by atoms with Crippen LogP contribution in [0.3, 0.4) is 0 Å². The second-order valence-corrected chi connectivity index (χ2v) is 5.11. The van der Waals surface area contributed by atoms with Gasteiger partial charge in [-0.25, -0.2) is 0 Å². The first-order chi connectivity index (χ1) is 10.2. The zero-order valence-corrected chi connectivity index (χ0v) is 13.6. The largest absolute Gasteiger partial charge is 0.493 e. The summed E-state index contributed by atoms with van der Waals surface area (Å²) in [5.74, 6) is 1.46. The van der Waals surface area contributed by atoms with Gasteiger partial charge in [-0.15, -0.1) is 0 Å². The number of hydrogen-bond donors (Lipinski definition) is 1. The zero-order valence-electron chi connectivity index (χ0n) is 13.6. The molecule has 0 saturated heterocycles. The molecular formula is C17H28O4. The van der Waals surface area contributed by atoms with Crippen LogP contribution in [0.25, 0.3) is 0 Å². The lowest BCUT2D eigenvalue weighted by molar-refractivity contribution is -0.0410. The molecule has 0 aliphatic rings. The van der Waals surface area contributed by atoms with E-state index in [0.29, 0.717) is 6.61 Å². The Hall–Kier alpha value is -1.26. The van der Waals surface area contributed by atoms with Crippen molar-refractivity contribution in [3.05, 3.63) is 23.8 Å². The van der Waals surface area contributed by atoms with Gasteiger partial charge in [-0.2, -0.15) is 0 Å². The highest BCUT2D eigenvalue weighted by molar-refractivity contribution is 5.42. The summed E-state index contributed by atoms with van der Waals surface area (Å²) in [6.07, 6.45) is 2.92. The van der Waals surface area contributed by atoms with Crippen LogP contribution in [0.15, 0.2) is 18.2 Å². The number of hydrogen-bond acceptors (Lipinski definition) is 4. The molecule has 0 heterocycles. The minimum absolute atomic E-state index is 0.0786. The van der Waals surface area contributed by atoms with Gasteiger partial charge in [0.1, 0.15) is 0 Å². The Morgan fingerprint density at radius 1 is 1.10 bits per heavy atom. The fraction of sp³-hybridized carbons (Fsp3) is 0.647. The van der Waals surface area contributed by atoms with Crippen LogP contribution in [0.4, 0.5) is 0 Å². The number of benzene rings is 1. The van der Waals surface area contributed by atoms with E-state index in [4.69, 9.17) is 14.2 Å². The Labute approximate surface area is 128 Å². The summed E-state index contributed by atoms with van der Waals surface area (Å²) in [5, 5.41) is 10.00. The highest BCUT2D eigenvalue weighted by atomic mass is 16.5. The van der Waals surface area contributed by atoms with Crippen molar-refractivity contribution in [2.45, 2.75) is 51.7 Å². The molecule has 0 bridgehead atoms. The molecule has 0 spiro atoms. The van der Waals surface area contributed by atoms with Crippen LogP contribution in [0.1, 0.15) is 38.7 Å². The van der Waals surface area contributed by atoms with E-state index in [0.717, 1.165) is 42.7 Å². The summed E-state index contributed by atoms with van der Waals surface area (Å²) >= 11 is 0. The van der Waals surface area contributed by atoms with Crippen molar-refractivity contribution in [3.8, 4) is 11.5 Å². The number of rotatable bonds is 10. The zero-order chi connectivity index (χ0) is 15.7. The predicted molar refractivity (Wildman–Crippen MR) is 84.2 cm³/mol. The Balaban J connectivity index is 2.51. The smallest absolute Gasteiger partial charge is 0.160 e. The van der Waals surface area contributed by atoms with Crippen LogP contribution in [0.2, 0.25) is 0 Å². The highest BCUT2D eigenvalue weighted by Crippen LogP contribution is 2.27. The third-order valence-electron chi connectivity index (χ3n) is 3.59. The van der Waals surface area contributed by atoms with Gasteiger partial charge in [0.15, 0.2) is 11.5 Å². The number of aliphatic hydroxyl groups is 1. The third kappa shape index (κ3) is 5.56.